The fourth-order valence-electron chi connectivity index (χ4n) is 3.35. The average molecular weight is 382 g/mol. The minimum atomic E-state index is -1.11. The van der Waals surface area contributed by atoms with E-state index in [4.69, 9.17) is 5.11 Å². The highest BCUT2D eigenvalue weighted by Gasteiger charge is 2.15. The second-order valence-corrected chi connectivity index (χ2v) is 6.61. The van der Waals surface area contributed by atoms with Crippen LogP contribution in [0.15, 0.2) is 89.9 Å². The van der Waals surface area contributed by atoms with E-state index in [2.05, 4.69) is 5.10 Å². The molecule has 1 N–H and O–H groups in total. The Hall–Kier alpha value is -3.99. The van der Waals surface area contributed by atoms with Crippen molar-refractivity contribution >= 4 is 28.4 Å². The number of carboxylic acids is 1. The summed E-state index contributed by atoms with van der Waals surface area (Å²) in [7, 11) is 0. The molecule has 0 aliphatic carbocycles. The highest BCUT2D eigenvalue weighted by Crippen LogP contribution is 2.30. The number of benzene rings is 3. The van der Waals surface area contributed by atoms with Crippen molar-refractivity contribution in [1.82, 2.24) is 9.78 Å². The third-order valence-electron chi connectivity index (χ3n) is 4.65. The molecule has 0 radical (unpaired) electrons. The van der Waals surface area contributed by atoms with Crippen molar-refractivity contribution in [2.24, 2.45) is 0 Å². The van der Waals surface area contributed by atoms with Gasteiger partial charge in [-0.15, -0.1) is 0 Å². The molecule has 3 aromatic carbocycles. The lowest BCUT2D eigenvalue weighted by Gasteiger charge is -2.13. The maximum Gasteiger partial charge on any atom is 0.325 e. The van der Waals surface area contributed by atoms with Crippen LogP contribution in [0.3, 0.4) is 0 Å². The Kier molecular flexibility index (Phi) is 5.03. The summed E-state index contributed by atoms with van der Waals surface area (Å²) in [6.45, 7) is -0.480. The predicted octanol–water partition coefficient (Wildman–Crippen LogP) is 4.07. The van der Waals surface area contributed by atoms with Gasteiger partial charge < -0.3 is 5.11 Å². The van der Waals surface area contributed by atoms with Crippen LogP contribution in [0.1, 0.15) is 16.7 Å². The van der Waals surface area contributed by atoms with Crippen molar-refractivity contribution in [3.8, 4) is 0 Å². The highest BCUT2D eigenvalue weighted by molar-refractivity contribution is 6.02. The number of fused-ring (bicyclic) bond motifs is 1. The maximum atomic E-state index is 13.1. The SMILES string of the molecule is O=C(O)Cn1ncc2cccc(/C(=C/c3ccccc3)c3ccccc3)c2c1=O. The van der Waals surface area contributed by atoms with Crippen molar-refractivity contribution in [3.63, 3.8) is 0 Å². The molecule has 4 aromatic rings. The summed E-state index contributed by atoms with van der Waals surface area (Å²) in [4.78, 5) is 24.2. The summed E-state index contributed by atoms with van der Waals surface area (Å²) in [5.74, 6) is -1.11. The zero-order valence-corrected chi connectivity index (χ0v) is 15.5. The van der Waals surface area contributed by atoms with Gasteiger partial charge >= 0.3 is 5.97 Å². The van der Waals surface area contributed by atoms with E-state index in [0.29, 0.717) is 10.8 Å². The summed E-state index contributed by atoms with van der Waals surface area (Å²) in [6.07, 6.45) is 3.57. The van der Waals surface area contributed by atoms with E-state index in [1.165, 1.54) is 6.20 Å². The molecule has 0 amide bonds. The molecule has 0 saturated carbocycles. The molecule has 0 atom stereocenters. The highest BCUT2D eigenvalue weighted by atomic mass is 16.4. The Morgan fingerprint density at radius 3 is 2.31 bits per heavy atom. The van der Waals surface area contributed by atoms with Crippen molar-refractivity contribution in [2.45, 2.75) is 6.54 Å². The van der Waals surface area contributed by atoms with Crippen LogP contribution in [-0.2, 0) is 11.3 Å². The summed E-state index contributed by atoms with van der Waals surface area (Å²) in [5.41, 5.74) is 3.17. The van der Waals surface area contributed by atoms with Crippen LogP contribution in [0.4, 0.5) is 0 Å². The van der Waals surface area contributed by atoms with E-state index in [0.717, 1.165) is 26.9 Å². The second-order valence-electron chi connectivity index (χ2n) is 6.61. The zero-order chi connectivity index (χ0) is 20.2. The van der Waals surface area contributed by atoms with Gasteiger partial charge in [-0.05, 0) is 28.3 Å². The van der Waals surface area contributed by atoms with Gasteiger partial charge in [0.05, 0.1) is 11.6 Å². The summed E-state index contributed by atoms with van der Waals surface area (Å²) in [6, 6.07) is 25.3. The van der Waals surface area contributed by atoms with Gasteiger partial charge in [-0.2, -0.15) is 5.10 Å². The molecule has 4 rings (SSSR count). The first kappa shape index (κ1) is 18.4. The molecule has 1 heterocycles. The quantitative estimate of drug-likeness (QED) is 0.528. The number of carbonyl (C=O) groups is 1. The average Bonchev–Trinajstić information content (AvgIpc) is 2.75. The van der Waals surface area contributed by atoms with E-state index in [1.807, 2.05) is 84.9 Å². The molecular formula is C24H18N2O3. The first-order valence-corrected chi connectivity index (χ1v) is 9.16. The van der Waals surface area contributed by atoms with Crippen LogP contribution in [0, 0.1) is 0 Å². The molecule has 0 saturated heterocycles. The van der Waals surface area contributed by atoms with E-state index in [1.54, 1.807) is 0 Å². The maximum absolute atomic E-state index is 13.1. The number of rotatable bonds is 5. The van der Waals surface area contributed by atoms with Gasteiger partial charge in [0.25, 0.3) is 5.56 Å². The standard InChI is InChI=1S/C24H18N2O3/c27-22(28)16-26-24(29)23-19(15-25-26)12-7-13-20(23)21(18-10-5-2-6-11-18)14-17-8-3-1-4-9-17/h1-15H,16H2,(H,27,28)/b21-14+. The van der Waals surface area contributed by atoms with Crippen molar-refractivity contribution in [2.75, 3.05) is 0 Å². The van der Waals surface area contributed by atoms with E-state index < -0.39 is 18.1 Å². The van der Waals surface area contributed by atoms with Gasteiger partial charge in [0.1, 0.15) is 6.54 Å². The lowest BCUT2D eigenvalue weighted by atomic mass is 9.92. The third-order valence-corrected chi connectivity index (χ3v) is 4.65. The molecule has 0 unspecified atom stereocenters. The van der Waals surface area contributed by atoms with E-state index in [9.17, 15) is 9.59 Å². The topological polar surface area (TPSA) is 72.2 Å². The number of carboxylic acid groups (broad SMARTS) is 1. The molecule has 0 spiro atoms. The lowest BCUT2D eigenvalue weighted by molar-refractivity contribution is -0.137. The van der Waals surface area contributed by atoms with Gasteiger partial charge in [0.15, 0.2) is 0 Å². The van der Waals surface area contributed by atoms with Crippen LogP contribution >= 0.6 is 0 Å². The molecule has 29 heavy (non-hydrogen) atoms. The Morgan fingerprint density at radius 2 is 1.62 bits per heavy atom. The molecule has 5 heteroatoms. The largest absolute Gasteiger partial charge is 0.480 e. The fraction of sp³-hybridized carbons (Fsp3) is 0.0417. The number of nitrogens with zero attached hydrogens (tertiary/aromatic N) is 2. The number of aliphatic carboxylic acids is 1. The van der Waals surface area contributed by atoms with Gasteiger partial charge in [0, 0.05) is 5.39 Å². The van der Waals surface area contributed by atoms with E-state index >= 15 is 0 Å². The summed E-state index contributed by atoms with van der Waals surface area (Å²) < 4.78 is 0.985. The minimum Gasteiger partial charge on any atom is -0.480 e. The van der Waals surface area contributed by atoms with Crippen LogP contribution in [0.5, 0.6) is 0 Å². The zero-order valence-electron chi connectivity index (χ0n) is 15.5. The molecular weight excluding hydrogens is 364 g/mol. The Balaban J connectivity index is 2.01. The van der Waals surface area contributed by atoms with Gasteiger partial charge in [-0.1, -0.05) is 78.9 Å². The van der Waals surface area contributed by atoms with Crippen molar-refractivity contribution < 1.29 is 9.90 Å². The first-order chi connectivity index (χ1) is 14.1. The predicted molar refractivity (Wildman–Crippen MR) is 113 cm³/mol. The molecule has 0 aliphatic rings. The van der Waals surface area contributed by atoms with Crippen LogP contribution in [0.25, 0.3) is 22.4 Å². The summed E-state index contributed by atoms with van der Waals surface area (Å²) >= 11 is 0. The minimum absolute atomic E-state index is 0.421. The fourth-order valence-corrected chi connectivity index (χ4v) is 3.35. The van der Waals surface area contributed by atoms with Crippen LogP contribution in [0.2, 0.25) is 0 Å². The molecule has 142 valence electrons. The monoisotopic (exact) mass is 382 g/mol. The van der Waals surface area contributed by atoms with Crippen molar-refractivity contribution in [1.29, 1.82) is 0 Å². The number of aromatic nitrogens is 2. The van der Waals surface area contributed by atoms with E-state index in [-0.39, 0.29) is 0 Å². The Morgan fingerprint density at radius 1 is 0.931 bits per heavy atom. The van der Waals surface area contributed by atoms with Gasteiger partial charge in [-0.3, -0.25) is 9.59 Å². The number of hydrogen-bond donors (Lipinski definition) is 1. The third kappa shape index (κ3) is 3.84. The number of hydrogen-bond acceptors (Lipinski definition) is 3. The molecule has 0 fully saturated rings. The van der Waals surface area contributed by atoms with Crippen LogP contribution < -0.4 is 5.56 Å². The summed E-state index contributed by atoms with van der Waals surface area (Å²) in [5, 5.41) is 14.2. The second kappa shape index (κ2) is 7.94. The Labute approximate surface area is 167 Å². The molecule has 0 bridgehead atoms. The van der Waals surface area contributed by atoms with Crippen LogP contribution in [-0.4, -0.2) is 20.9 Å². The molecule has 5 nitrogen and oxygen atoms in total. The normalized spacial score (nSPS) is 11.5. The lowest BCUT2D eigenvalue weighted by Crippen LogP contribution is -2.27. The molecule has 0 aliphatic heterocycles. The smallest absolute Gasteiger partial charge is 0.325 e. The van der Waals surface area contributed by atoms with Gasteiger partial charge in [0.2, 0.25) is 0 Å². The van der Waals surface area contributed by atoms with Gasteiger partial charge in [-0.25, -0.2) is 4.68 Å². The Bertz CT molecular complexity index is 1260. The first-order valence-electron chi connectivity index (χ1n) is 9.16. The molecule has 1 aromatic heterocycles. The van der Waals surface area contributed by atoms with Crippen molar-refractivity contribution in [3.05, 3.63) is 112 Å².